The van der Waals surface area contributed by atoms with Gasteiger partial charge in [-0.2, -0.15) is 0 Å². The second kappa shape index (κ2) is 10.9. The largest absolute Gasteiger partial charge is 0.365 e. The van der Waals surface area contributed by atoms with Crippen LogP contribution >= 0.6 is 0 Å². The van der Waals surface area contributed by atoms with Gasteiger partial charge in [0.15, 0.2) is 5.72 Å². The summed E-state index contributed by atoms with van der Waals surface area (Å²) in [7, 11) is 0. The molecule has 0 aliphatic carbocycles. The lowest BCUT2D eigenvalue weighted by Gasteiger charge is -2.33. The van der Waals surface area contributed by atoms with Gasteiger partial charge in [-0.15, -0.1) is 0 Å². The summed E-state index contributed by atoms with van der Waals surface area (Å²) in [5, 5.41) is 11.7. The van der Waals surface area contributed by atoms with E-state index in [4.69, 9.17) is 0 Å². The Hall–Kier alpha value is -3.11. The number of urea groups is 1. The number of nitrogens with zero attached hydrogens (tertiary/aromatic N) is 2. The van der Waals surface area contributed by atoms with Crippen molar-refractivity contribution in [3.63, 3.8) is 0 Å². The number of β-amino-alcohol motifs (C(OH)–C–C–N with tert-alkyl or cyclic N) is 1. The maximum atomic E-state index is 13.4. The number of hydrogen-bond donors (Lipinski definition) is 1. The van der Waals surface area contributed by atoms with Gasteiger partial charge in [0.2, 0.25) is 0 Å². The summed E-state index contributed by atoms with van der Waals surface area (Å²) in [4.78, 5) is 16.3. The van der Waals surface area contributed by atoms with Crippen LogP contribution in [-0.4, -0.2) is 33.2 Å². The molecule has 1 saturated heterocycles. The molecule has 1 aliphatic rings. The molecule has 1 fully saturated rings. The Bertz CT molecular complexity index is 793. The highest BCUT2D eigenvalue weighted by Crippen LogP contribution is 2.37. The van der Waals surface area contributed by atoms with Gasteiger partial charge < -0.3 is 5.11 Å². The molecule has 0 bridgehead atoms. The van der Waals surface area contributed by atoms with E-state index in [1.165, 1.54) is 9.80 Å². The lowest BCUT2D eigenvalue weighted by atomic mass is 10.00. The van der Waals surface area contributed by atoms with Crippen molar-refractivity contribution >= 4 is 6.03 Å². The van der Waals surface area contributed by atoms with Crippen LogP contribution in [0.15, 0.2) is 110 Å². The minimum atomic E-state index is -1.60. The summed E-state index contributed by atoms with van der Waals surface area (Å²) in [6.07, 6.45) is 20.8. The van der Waals surface area contributed by atoms with Crippen LogP contribution in [0.1, 0.15) is 20.8 Å². The Labute approximate surface area is 168 Å². The maximum Gasteiger partial charge on any atom is 0.331 e. The Morgan fingerprint density at radius 3 is 2.04 bits per heavy atom. The van der Waals surface area contributed by atoms with Crippen LogP contribution in [0, 0.1) is 0 Å². The molecule has 4 heteroatoms. The average molecular weight is 379 g/mol. The smallest absolute Gasteiger partial charge is 0.331 e. The van der Waals surface area contributed by atoms with Crippen molar-refractivity contribution in [1.82, 2.24) is 9.80 Å². The van der Waals surface area contributed by atoms with Crippen LogP contribution in [0.25, 0.3) is 0 Å². The summed E-state index contributed by atoms with van der Waals surface area (Å²) < 4.78 is 0. The second-order valence-electron chi connectivity index (χ2n) is 6.03. The van der Waals surface area contributed by atoms with Crippen molar-refractivity contribution in [2.45, 2.75) is 26.5 Å². The fraction of sp³-hybridized carbons (Fsp3) is 0.208. The van der Waals surface area contributed by atoms with E-state index in [-0.39, 0.29) is 12.6 Å². The lowest BCUT2D eigenvalue weighted by molar-refractivity contribution is 0.000438. The third-order valence-corrected chi connectivity index (χ3v) is 4.14. The molecule has 1 unspecified atom stereocenters. The van der Waals surface area contributed by atoms with Crippen LogP contribution in [-0.2, 0) is 0 Å². The molecule has 0 aromatic heterocycles. The van der Waals surface area contributed by atoms with E-state index in [1.807, 2.05) is 32.9 Å². The monoisotopic (exact) mass is 378 g/mol. The molecule has 1 atom stereocenters. The molecule has 1 N–H and O–H groups in total. The maximum absolute atomic E-state index is 13.4. The van der Waals surface area contributed by atoms with Crippen molar-refractivity contribution < 1.29 is 9.90 Å². The standard InChI is InChI=1S/C24H30N2O2/c1-7-13-18-20(12-6)24(28)19-25(21(14-8-2)15-9-3)23(27)26(24)22(16-10-4)17-11-5/h7-18,28H,2,4,6,19H2,1,3,5H3/b13-7-,15-9-,17-11-,20-18+,21-14+,22-16+. The van der Waals surface area contributed by atoms with E-state index >= 15 is 0 Å². The quantitative estimate of drug-likeness (QED) is 0.547. The molecule has 0 saturated carbocycles. The van der Waals surface area contributed by atoms with Gasteiger partial charge in [-0.1, -0.05) is 68.3 Å². The fourth-order valence-corrected chi connectivity index (χ4v) is 2.97. The van der Waals surface area contributed by atoms with Gasteiger partial charge in [-0.05, 0) is 45.1 Å². The fourth-order valence-electron chi connectivity index (χ4n) is 2.97. The van der Waals surface area contributed by atoms with Crippen molar-refractivity contribution in [2.75, 3.05) is 6.54 Å². The second-order valence-corrected chi connectivity index (χ2v) is 6.03. The van der Waals surface area contributed by atoms with Crippen molar-refractivity contribution in [3.8, 4) is 0 Å². The summed E-state index contributed by atoms with van der Waals surface area (Å²) in [6, 6.07) is -0.354. The topological polar surface area (TPSA) is 43.8 Å². The predicted molar refractivity (Wildman–Crippen MR) is 118 cm³/mol. The highest BCUT2D eigenvalue weighted by molar-refractivity contribution is 5.84. The predicted octanol–water partition coefficient (Wildman–Crippen LogP) is 5.39. The SMILES string of the molecule is C=C/C=C(\C=C/C)N1CC(O)(/C(C=C)=C/C=C\C)N(C(/C=C\C)=C/C=C)C1=O. The number of amides is 2. The van der Waals surface area contributed by atoms with Crippen LogP contribution < -0.4 is 0 Å². The summed E-state index contributed by atoms with van der Waals surface area (Å²) in [6.45, 7) is 16.9. The number of carbonyl (C=O) groups is 1. The van der Waals surface area contributed by atoms with Crippen molar-refractivity contribution in [3.05, 3.63) is 110 Å². The molecule has 1 aliphatic heterocycles. The third kappa shape index (κ3) is 4.78. The molecule has 1 heterocycles. The van der Waals surface area contributed by atoms with E-state index in [0.717, 1.165) is 0 Å². The van der Waals surface area contributed by atoms with Crippen LogP contribution in [0.3, 0.4) is 0 Å². The van der Waals surface area contributed by atoms with E-state index < -0.39 is 5.72 Å². The number of allylic oxidation sites excluding steroid dienone is 11. The molecule has 0 spiro atoms. The van der Waals surface area contributed by atoms with Gasteiger partial charge >= 0.3 is 6.03 Å². The molecule has 0 aromatic carbocycles. The van der Waals surface area contributed by atoms with Gasteiger partial charge in [0.25, 0.3) is 0 Å². The Morgan fingerprint density at radius 2 is 1.54 bits per heavy atom. The molecule has 28 heavy (non-hydrogen) atoms. The molecule has 0 aromatic rings. The van der Waals surface area contributed by atoms with Gasteiger partial charge in [-0.3, -0.25) is 9.80 Å². The molecule has 148 valence electrons. The van der Waals surface area contributed by atoms with Crippen LogP contribution in [0.4, 0.5) is 4.79 Å². The summed E-state index contributed by atoms with van der Waals surface area (Å²) >= 11 is 0. The van der Waals surface area contributed by atoms with Gasteiger partial charge in [0, 0.05) is 17.0 Å². The Morgan fingerprint density at radius 1 is 0.964 bits per heavy atom. The normalized spacial score (nSPS) is 22.1. The van der Waals surface area contributed by atoms with Crippen LogP contribution in [0.2, 0.25) is 0 Å². The van der Waals surface area contributed by atoms with Gasteiger partial charge in [0.1, 0.15) is 0 Å². The molecule has 0 radical (unpaired) electrons. The number of hydrogen-bond acceptors (Lipinski definition) is 2. The highest BCUT2D eigenvalue weighted by atomic mass is 16.3. The lowest BCUT2D eigenvalue weighted by Crippen LogP contribution is -2.47. The number of aliphatic hydroxyl groups is 1. The molecule has 4 nitrogen and oxygen atoms in total. The molecular formula is C24H30N2O2. The zero-order valence-electron chi connectivity index (χ0n) is 17.0. The first-order valence-corrected chi connectivity index (χ1v) is 9.15. The Kier molecular flexibility index (Phi) is 8.93. The highest BCUT2D eigenvalue weighted by Gasteiger charge is 2.52. The first kappa shape index (κ1) is 22.9. The number of rotatable bonds is 9. The Balaban J connectivity index is 3.73. The van der Waals surface area contributed by atoms with Crippen LogP contribution in [0.5, 0.6) is 0 Å². The van der Waals surface area contributed by atoms with E-state index in [9.17, 15) is 9.90 Å². The van der Waals surface area contributed by atoms with Crippen molar-refractivity contribution in [2.24, 2.45) is 0 Å². The first-order valence-electron chi connectivity index (χ1n) is 9.15. The molecular weight excluding hydrogens is 348 g/mol. The molecule has 2 amide bonds. The zero-order valence-corrected chi connectivity index (χ0v) is 17.0. The van der Waals surface area contributed by atoms with E-state index in [1.54, 1.807) is 60.8 Å². The first-order chi connectivity index (χ1) is 13.4. The number of carbonyl (C=O) groups excluding carboxylic acids is 1. The summed E-state index contributed by atoms with van der Waals surface area (Å²) in [5.41, 5.74) is 0.0731. The summed E-state index contributed by atoms with van der Waals surface area (Å²) in [5.74, 6) is 0. The van der Waals surface area contributed by atoms with Crippen molar-refractivity contribution in [1.29, 1.82) is 0 Å². The zero-order chi connectivity index (χ0) is 21.2. The van der Waals surface area contributed by atoms with Gasteiger partial charge in [0.05, 0.1) is 6.54 Å². The minimum Gasteiger partial charge on any atom is -0.365 e. The molecule has 1 rings (SSSR count). The average Bonchev–Trinajstić information content (AvgIpc) is 2.93. The van der Waals surface area contributed by atoms with E-state index in [2.05, 4.69) is 19.7 Å². The minimum absolute atomic E-state index is 0.0390. The third-order valence-electron chi connectivity index (χ3n) is 4.14. The van der Waals surface area contributed by atoms with Gasteiger partial charge in [-0.25, -0.2) is 4.79 Å². The van der Waals surface area contributed by atoms with E-state index in [0.29, 0.717) is 17.0 Å².